The second kappa shape index (κ2) is 6.52. The van der Waals surface area contributed by atoms with Crippen molar-refractivity contribution in [2.24, 2.45) is 0 Å². The van der Waals surface area contributed by atoms with Crippen LogP contribution in [0.4, 0.5) is 0 Å². The Labute approximate surface area is 145 Å². The van der Waals surface area contributed by atoms with Crippen molar-refractivity contribution in [1.82, 2.24) is 25.1 Å². The van der Waals surface area contributed by atoms with E-state index in [9.17, 15) is 4.79 Å². The molecule has 4 rings (SSSR count). The molecule has 0 saturated heterocycles. The largest absolute Gasteiger partial charge is 0.365 e. The fourth-order valence-corrected chi connectivity index (χ4v) is 3.00. The van der Waals surface area contributed by atoms with Gasteiger partial charge in [0.25, 0.3) is 5.91 Å². The van der Waals surface area contributed by atoms with Crippen molar-refractivity contribution in [3.8, 4) is 0 Å². The highest BCUT2D eigenvalue weighted by atomic mass is 16.5. The third kappa shape index (κ3) is 3.06. The van der Waals surface area contributed by atoms with E-state index in [0.29, 0.717) is 25.4 Å². The van der Waals surface area contributed by atoms with Crippen LogP contribution in [-0.2, 0) is 24.4 Å². The number of ether oxygens (including phenoxy) is 1. The van der Waals surface area contributed by atoms with Crippen LogP contribution >= 0.6 is 0 Å². The Morgan fingerprint density at radius 3 is 3.00 bits per heavy atom. The Morgan fingerprint density at radius 1 is 1.40 bits per heavy atom. The number of nitrogens with one attached hydrogen (secondary N) is 2. The maximum Gasteiger partial charge on any atom is 0.272 e. The lowest BCUT2D eigenvalue weighted by Crippen LogP contribution is -2.27. The molecule has 1 aliphatic heterocycles. The first-order valence-electron chi connectivity index (χ1n) is 8.20. The van der Waals surface area contributed by atoms with Crippen LogP contribution in [0.25, 0.3) is 0 Å². The lowest BCUT2D eigenvalue weighted by atomic mass is 10.1. The second-order valence-corrected chi connectivity index (χ2v) is 6.11. The minimum Gasteiger partial charge on any atom is -0.365 e. The zero-order valence-electron chi connectivity index (χ0n) is 13.9. The number of carbonyl (C=O) groups is 1. The van der Waals surface area contributed by atoms with E-state index >= 15 is 0 Å². The molecule has 1 aliphatic rings. The van der Waals surface area contributed by atoms with Gasteiger partial charge in [-0.1, -0.05) is 30.3 Å². The number of aromatic amines is 1. The van der Waals surface area contributed by atoms with Gasteiger partial charge in [0, 0.05) is 17.8 Å². The van der Waals surface area contributed by atoms with Crippen LogP contribution in [0.3, 0.4) is 0 Å². The van der Waals surface area contributed by atoms with E-state index in [1.165, 1.54) is 0 Å². The van der Waals surface area contributed by atoms with Crippen molar-refractivity contribution in [3.05, 3.63) is 71.1 Å². The summed E-state index contributed by atoms with van der Waals surface area (Å²) in [6.45, 7) is 3.36. The van der Waals surface area contributed by atoms with E-state index < -0.39 is 0 Å². The molecule has 0 fully saturated rings. The first-order valence-corrected chi connectivity index (χ1v) is 8.20. The minimum absolute atomic E-state index is 0.0209. The van der Waals surface area contributed by atoms with Crippen molar-refractivity contribution in [3.63, 3.8) is 0 Å². The van der Waals surface area contributed by atoms with Crippen LogP contribution in [0.15, 0.2) is 42.9 Å². The summed E-state index contributed by atoms with van der Waals surface area (Å²) in [7, 11) is 0. The molecular formula is C18H19N5O2. The summed E-state index contributed by atoms with van der Waals surface area (Å²) in [6.07, 6.45) is 3.41. The first-order chi connectivity index (χ1) is 12.2. The lowest BCUT2D eigenvalue weighted by Gasteiger charge is -2.25. The quantitative estimate of drug-likeness (QED) is 0.764. The fraction of sp³-hybridized carbons (Fsp3) is 0.278. The highest BCUT2D eigenvalue weighted by Crippen LogP contribution is 2.27. The maximum atomic E-state index is 12.5. The van der Waals surface area contributed by atoms with Gasteiger partial charge in [-0.25, -0.2) is 4.98 Å². The van der Waals surface area contributed by atoms with Crippen molar-refractivity contribution in [2.45, 2.75) is 32.7 Å². The average molecular weight is 337 g/mol. The molecule has 0 unspecified atom stereocenters. The predicted molar refractivity (Wildman–Crippen MR) is 90.7 cm³/mol. The van der Waals surface area contributed by atoms with E-state index in [0.717, 1.165) is 22.5 Å². The number of rotatable bonds is 4. The predicted octanol–water partition coefficient (Wildman–Crippen LogP) is 2.12. The Morgan fingerprint density at radius 2 is 2.24 bits per heavy atom. The van der Waals surface area contributed by atoms with Crippen molar-refractivity contribution in [2.75, 3.05) is 0 Å². The topological polar surface area (TPSA) is 84.8 Å². The molecule has 2 aromatic heterocycles. The number of nitrogens with zero attached hydrogens (tertiary/aromatic N) is 3. The second-order valence-electron chi connectivity index (χ2n) is 6.11. The zero-order valence-corrected chi connectivity index (χ0v) is 13.9. The third-order valence-corrected chi connectivity index (χ3v) is 4.49. The summed E-state index contributed by atoms with van der Waals surface area (Å²) in [4.78, 5) is 16.8. The van der Waals surface area contributed by atoms with E-state index in [2.05, 4.69) is 20.5 Å². The minimum atomic E-state index is -0.198. The van der Waals surface area contributed by atoms with E-state index in [1.54, 1.807) is 12.5 Å². The van der Waals surface area contributed by atoms with Crippen molar-refractivity contribution in [1.29, 1.82) is 0 Å². The summed E-state index contributed by atoms with van der Waals surface area (Å²) in [5.74, 6) is -0.198. The summed E-state index contributed by atoms with van der Waals surface area (Å²) in [5.41, 5.74) is 4.27. The Kier molecular flexibility index (Phi) is 4.07. The van der Waals surface area contributed by atoms with Gasteiger partial charge >= 0.3 is 0 Å². The number of carbonyl (C=O) groups excluding carboxylic acids is 1. The maximum absolute atomic E-state index is 12.5. The number of hydrogen-bond acceptors (Lipinski definition) is 4. The van der Waals surface area contributed by atoms with E-state index in [1.807, 2.05) is 41.8 Å². The number of hydrogen-bond donors (Lipinski definition) is 2. The molecule has 0 saturated carbocycles. The van der Waals surface area contributed by atoms with Gasteiger partial charge in [-0.05, 0) is 12.5 Å². The summed E-state index contributed by atoms with van der Waals surface area (Å²) in [6, 6.07) is 10.1. The molecule has 1 aromatic carbocycles. The number of benzene rings is 1. The smallest absolute Gasteiger partial charge is 0.272 e. The highest BCUT2D eigenvalue weighted by Gasteiger charge is 2.26. The van der Waals surface area contributed by atoms with Crippen LogP contribution < -0.4 is 5.32 Å². The number of fused-ring (bicyclic) bond motifs is 1. The number of amides is 1. The first kappa shape index (κ1) is 15.6. The van der Waals surface area contributed by atoms with Crippen LogP contribution in [0.2, 0.25) is 0 Å². The lowest BCUT2D eigenvalue weighted by molar-refractivity contribution is 0.00257. The molecule has 128 valence electrons. The number of aromatic nitrogens is 4. The Hall–Kier alpha value is -2.93. The standard InChI is InChI=1S/C18H19N5O2/c1-12-14(8-21-22-12)7-19-18(24)17-15-10-25-16(9-23(15)11-20-17)13-5-3-2-4-6-13/h2-6,8,11,16H,7,9-10H2,1H3,(H,19,24)(H,21,22)/t16-/m1/s1. The van der Waals surface area contributed by atoms with E-state index in [4.69, 9.17) is 4.74 Å². The van der Waals surface area contributed by atoms with Crippen LogP contribution in [0.1, 0.15) is 39.1 Å². The van der Waals surface area contributed by atoms with Gasteiger partial charge < -0.3 is 14.6 Å². The van der Waals surface area contributed by atoms with Crippen LogP contribution in [0.5, 0.6) is 0 Å². The van der Waals surface area contributed by atoms with Crippen molar-refractivity contribution >= 4 is 5.91 Å². The van der Waals surface area contributed by atoms with Gasteiger partial charge in [0.05, 0.1) is 31.4 Å². The van der Waals surface area contributed by atoms with Gasteiger partial charge in [-0.3, -0.25) is 9.89 Å². The molecule has 0 bridgehead atoms. The SMILES string of the molecule is Cc1[nH]ncc1CNC(=O)c1ncn2c1CO[C@@H](c1ccccc1)C2. The summed E-state index contributed by atoms with van der Waals surface area (Å²) in [5, 5.41) is 9.70. The highest BCUT2D eigenvalue weighted by molar-refractivity contribution is 5.93. The Balaban J connectivity index is 1.46. The van der Waals surface area contributed by atoms with E-state index in [-0.39, 0.29) is 12.0 Å². The van der Waals surface area contributed by atoms with Gasteiger partial charge in [-0.15, -0.1) is 0 Å². The molecule has 7 nitrogen and oxygen atoms in total. The van der Waals surface area contributed by atoms with Crippen LogP contribution in [-0.4, -0.2) is 25.7 Å². The molecule has 1 atom stereocenters. The van der Waals surface area contributed by atoms with Gasteiger partial charge in [0.2, 0.25) is 0 Å². The van der Waals surface area contributed by atoms with Gasteiger partial charge in [0.1, 0.15) is 6.10 Å². The summed E-state index contributed by atoms with van der Waals surface area (Å²) >= 11 is 0. The van der Waals surface area contributed by atoms with Gasteiger partial charge in [-0.2, -0.15) is 5.10 Å². The number of aryl methyl sites for hydroxylation is 1. The summed E-state index contributed by atoms with van der Waals surface area (Å²) < 4.78 is 7.95. The molecule has 0 spiro atoms. The zero-order chi connectivity index (χ0) is 17.2. The fourth-order valence-electron chi connectivity index (χ4n) is 3.00. The van der Waals surface area contributed by atoms with Crippen molar-refractivity contribution < 1.29 is 9.53 Å². The normalized spacial score (nSPS) is 16.4. The third-order valence-electron chi connectivity index (χ3n) is 4.49. The molecule has 7 heteroatoms. The monoisotopic (exact) mass is 337 g/mol. The number of imidazole rings is 1. The molecular weight excluding hydrogens is 318 g/mol. The molecule has 0 aliphatic carbocycles. The molecule has 3 heterocycles. The van der Waals surface area contributed by atoms with Crippen LogP contribution in [0, 0.1) is 6.92 Å². The molecule has 1 amide bonds. The Bertz CT molecular complexity index is 884. The molecule has 2 N–H and O–H groups in total. The number of H-pyrrole nitrogens is 1. The molecule has 0 radical (unpaired) electrons. The molecule has 25 heavy (non-hydrogen) atoms. The molecule has 3 aromatic rings. The van der Waals surface area contributed by atoms with Gasteiger partial charge in [0.15, 0.2) is 5.69 Å². The average Bonchev–Trinajstić information content (AvgIpc) is 3.26.